The van der Waals surface area contributed by atoms with Crippen LogP contribution in [0.5, 0.6) is 0 Å². The first-order chi connectivity index (χ1) is 17.4. The number of benzene rings is 1. The molecule has 0 heterocycles. The van der Waals surface area contributed by atoms with Crippen LogP contribution in [0, 0.1) is 43.9 Å². The molecule has 1 rings (SSSR count). The molecule has 0 aliphatic heterocycles. The van der Waals surface area contributed by atoms with Gasteiger partial charge in [0.05, 0.1) is 14.9 Å². The summed E-state index contributed by atoms with van der Waals surface area (Å²) in [4.78, 5) is 27.5. The van der Waals surface area contributed by atoms with Crippen molar-refractivity contribution in [1.29, 1.82) is 0 Å². The van der Waals surface area contributed by atoms with Crippen LogP contribution in [0.25, 0.3) is 0 Å². The van der Waals surface area contributed by atoms with Crippen LogP contribution >= 0.6 is 11.6 Å². The molecule has 37 heavy (non-hydrogen) atoms. The molecule has 2 N–H and O–H groups in total. The van der Waals surface area contributed by atoms with Crippen LogP contribution in [-0.2, 0) is 14.9 Å². The number of aliphatic carboxylic acids is 1. The van der Waals surface area contributed by atoms with Crippen LogP contribution in [0.15, 0.2) is 17.0 Å². The predicted molar refractivity (Wildman–Crippen MR) is 139 cm³/mol. The quantitative estimate of drug-likeness (QED) is 0.0885. The Morgan fingerprint density at radius 1 is 0.892 bits per heavy atom. The molecule has 0 amide bonds. The molecule has 11 nitrogen and oxygen atoms in total. The number of rotatable bonds is 14. The highest BCUT2D eigenvalue weighted by atomic mass is 35.5. The first-order valence-electron chi connectivity index (χ1n) is 11.7. The van der Waals surface area contributed by atoms with Gasteiger partial charge in [0.2, 0.25) is 4.90 Å². The van der Waals surface area contributed by atoms with E-state index in [-0.39, 0.29) is 6.42 Å². The second kappa shape index (κ2) is 19.0. The van der Waals surface area contributed by atoms with Gasteiger partial charge in [0.1, 0.15) is 6.42 Å². The smallest absolute Gasteiger partial charge is 0.315 e. The van der Waals surface area contributed by atoms with Gasteiger partial charge < -0.3 is 5.11 Å². The molecule has 0 saturated heterocycles. The molecule has 0 saturated carbocycles. The predicted octanol–water partition coefficient (Wildman–Crippen LogP) is 6.18. The van der Waals surface area contributed by atoms with E-state index in [2.05, 4.69) is 30.6 Å². The standard InChI is InChI=1S/C18H28O2.C6H3ClN2O7S/c1-2-3-4-5-6-7-8-9-10-11-12-13-14-15-16-17-18(19)20;7-3-1-4(8(10)11)6(17(14,15)16)5(2-3)9(12)13/h2-12,17H2,1H3,(H,19,20);1-2H,(H,14,15,16). The lowest BCUT2D eigenvalue weighted by Gasteiger charge is -2.01. The van der Waals surface area contributed by atoms with Crippen molar-refractivity contribution < 1.29 is 32.7 Å². The average molecular weight is 559 g/mol. The van der Waals surface area contributed by atoms with E-state index in [9.17, 15) is 33.4 Å². The molecule has 0 atom stereocenters. The van der Waals surface area contributed by atoms with Crippen molar-refractivity contribution in [1.82, 2.24) is 0 Å². The molecule has 0 unspecified atom stereocenters. The Morgan fingerprint density at radius 3 is 1.73 bits per heavy atom. The Morgan fingerprint density at radius 2 is 1.32 bits per heavy atom. The number of unbranched alkanes of at least 4 members (excludes halogenated alkanes) is 10. The van der Waals surface area contributed by atoms with Crippen LogP contribution < -0.4 is 0 Å². The number of nitrogens with zero attached hydrogens (tertiary/aromatic N) is 2. The molecular weight excluding hydrogens is 528 g/mol. The molecule has 13 heteroatoms. The average Bonchev–Trinajstić information content (AvgIpc) is 2.80. The van der Waals surface area contributed by atoms with Gasteiger partial charge >= 0.3 is 16.1 Å². The summed E-state index contributed by atoms with van der Waals surface area (Å²) < 4.78 is 30.6. The van der Waals surface area contributed by atoms with Crippen molar-refractivity contribution in [3.05, 3.63) is 37.4 Å². The van der Waals surface area contributed by atoms with Crippen molar-refractivity contribution in [3.63, 3.8) is 0 Å². The van der Waals surface area contributed by atoms with Gasteiger partial charge in [-0.1, -0.05) is 88.2 Å². The second-order valence-corrected chi connectivity index (χ2v) is 9.66. The first-order valence-corrected chi connectivity index (χ1v) is 13.5. The third kappa shape index (κ3) is 16.2. The minimum absolute atomic E-state index is 0.118. The van der Waals surface area contributed by atoms with Crippen LogP contribution in [0.4, 0.5) is 11.4 Å². The highest BCUT2D eigenvalue weighted by molar-refractivity contribution is 7.86. The van der Waals surface area contributed by atoms with Gasteiger partial charge in [-0.15, -0.1) is 0 Å². The van der Waals surface area contributed by atoms with Crippen molar-refractivity contribution in [2.75, 3.05) is 0 Å². The Hall–Kier alpha value is -3.19. The molecule has 204 valence electrons. The Balaban J connectivity index is 0.000000708. The third-order valence-electron chi connectivity index (χ3n) is 4.80. The molecule has 1 aromatic rings. The molecule has 0 aliphatic rings. The highest BCUT2D eigenvalue weighted by Gasteiger charge is 2.35. The van der Waals surface area contributed by atoms with E-state index in [0.717, 1.165) is 12.8 Å². The van der Waals surface area contributed by atoms with E-state index >= 15 is 0 Å². The summed E-state index contributed by atoms with van der Waals surface area (Å²) in [5, 5.41) is 29.1. The topological polar surface area (TPSA) is 178 Å². The van der Waals surface area contributed by atoms with Gasteiger partial charge in [-0.3, -0.25) is 29.6 Å². The monoisotopic (exact) mass is 558 g/mol. The Labute approximate surface area is 221 Å². The molecule has 0 fully saturated rings. The van der Waals surface area contributed by atoms with Gasteiger partial charge in [0, 0.05) is 18.6 Å². The summed E-state index contributed by atoms with van der Waals surface area (Å²) >= 11 is 5.37. The SMILES string of the molecule is CCCCCCCCCCCCC#CC#CCC(=O)O.O=[N+]([O-])c1cc(Cl)cc([N+](=O)[O-])c1S(=O)(=O)O. The lowest BCUT2D eigenvalue weighted by molar-refractivity contribution is -0.399. The number of hydrogen-bond acceptors (Lipinski definition) is 7. The minimum Gasteiger partial charge on any atom is -0.481 e. The molecule has 0 aliphatic carbocycles. The second-order valence-electron chi connectivity index (χ2n) is 7.87. The lowest BCUT2D eigenvalue weighted by atomic mass is 10.1. The maximum atomic E-state index is 10.9. The Bertz CT molecular complexity index is 1110. The summed E-state index contributed by atoms with van der Waals surface area (Å²) in [5.74, 6) is 9.83. The van der Waals surface area contributed by atoms with Crippen LogP contribution in [-0.4, -0.2) is 33.9 Å². The van der Waals surface area contributed by atoms with E-state index in [0.29, 0.717) is 12.1 Å². The zero-order valence-corrected chi connectivity index (χ0v) is 22.1. The van der Waals surface area contributed by atoms with E-state index in [1.54, 1.807) is 0 Å². The van der Waals surface area contributed by atoms with Crippen molar-refractivity contribution in [2.24, 2.45) is 0 Å². The third-order valence-corrected chi connectivity index (χ3v) is 5.95. The summed E-state index contributed by atoms with van der Waals surface area (Å²) in [6.07, 6.45) is 14.0. The largest absolute Gasteiger partial charge is 0.481 e. The fourth-order valence-corrected chi connectivity index (χ4v) is 4.07. The summed E-state index contributed by atoms with van der Waals surface area (Å²) in [5.41, 5.74) is -2.32. The molecule has 0 aromatic heterocycles. The van der Waals surface area contributed by atoms with E-state index < -0.39 is 47.2 Å². The maximum absolute atomic E-state index is 10.9. The molecule has 0 radical (unpaired) electrons. The highest BCUT2D eigenvalue weighted by Crippen LogP contribution is 2.35. The number of nitro groups is 2. The molecule has 1 aromatic carbocycles. The van der Waals surface area contributed by atoms with Crippen molar-refractivity contribution in [2.45, 2.75) is 88.9 Å². The van der Waals surface area contributed by atoms with E-state index in [1.165, 1.54) is 57.8 Å². The zero-order valence-electron chi connectivity index (χ0n) is 20.6. The summed E-state index contributed by atoms with van der Waals surface area (Å²) in [6, 6.07) is 1.19. The van der Waals surface area contributed by atoms with Crippen LogP contribution in [0.1, 0.15) is 84.0 Å². The summed E-state index contributed by atoms with van der Waals surface area (Å²) in [6.45, 7) is 2.25. The van der Waals surface area contributed by atoms with E-state index in [1.807, 2.05) is 0 Å². The fraction of sp³-hybridized carbons (Fsp3) is 0.542. The van der Waals surface area contributed by atoms with Crippen molar-refractivity contribution >= 4 is 39.1 Å². The Kier molecular flexibility index (Phi) is 17.4. The van der Waals surface area contributed by atoms with Crippen LogP contribution in [0.2, 0.25) is 5.02 Å². The minimum atomic E-state index is -5.11. The molecule has 0 bridgehead atoms. The number of hydrogen-bond donors (Lipinski definition) is 2. The fourth-order valence-electron chi connectivity index (χ4n) is 3.07. The number of carboxylic acid groups (broad SMARTS) is 1. The molecule has 0 spiro atoms. The first kappa shape index (κ1) is 33.8. The van der Waals surface area contributed by atoms with Crippen LogP contribution in [0.3, 0.4) is 0 Å². The lowest BCUT2D eigenvalue weighted by Crippen LogP contribution is -2.07. The number of halogens is 1. The van der Waals surface area contributed by atoms with Gasteiger partial charge in [-0.05, 0) is 18.3 Å². The summed E-state index contributed by atoms with van der Waals surface area (Å²) in [7, 11) is -5.11. The van der Waals surface area contributed by atoms with Gasteiger partial charge in [0.25, 0.3) is 11.4 Å². The van der Waals surface area contributed by atoms with Gasteiger partial charge in [-0.25, -0.2) is 0 Å². The van der Waals surface area contributed by atoms with Gasteiger partial charge in [0.15, 0.2) is 0 Å². The van der Waals surface area contributed by atoms with E-state index in [4.69, 9.17) is 21.3 Å². The number of nitro benzene ring substituents is 2. The number of carbonyl (C=O) groups is 1. The van der Waals surface area contributed by atoms with Gasteiger partial charge in [-0.2, -0.15) is 8.42 Å². The zero-order chi connectivity index (χ0) is 28.3. The number of carboxylic acids is 1. The molecular formula is C24H31ClN2O9S. The normalized spacial score (nSPS) is 10.1. The maximum Gasteiger partial charge on any atom is 0.315 e. The van der Waals surface area contributed by atoms with Crippen molar-refractivity contribution in [3.8, 4) is 23.7 Å².